The maximum Gasteiger partial charge on any atom is 0.341 e. The molecule has 0 bridgehead atoms. The number of hydrogen-bond acceptors (Lipinski definition) is 4. The average Bonchev–Trinajstić information content (AvgIpc) is 2.64. The van der Waals surface area contributed by atoms with E-state index in [-0.39, 0.29) is 12.4 Å². The Morgan fingerprint density at radius 1 is 1.19 bits per heavy atom. The van der Waals surface area contributed by atoms with Crippen LogP contribution in [0.5, 0.6) is 5.75 Å². The minimum atomic E-state index is -1.00. The van der Waals surface area contributed by atoms with Crippen LogP contribution in [0.15, 0.2) is 42.5 Å². The second-order valence-electron chi connectivity index (χ2n) is 7.08. The first-order chi connectivity index (χ1) is 12.9. The number of rotatable bonds is 6. The van der Waals surface area contributed by atoms with E-state index in [1.165, 1.54) is 12.1 Å². The van der Waals surface area contributed by atoms with Crippen molar-refractivity contribution >= 4 is 5.97 Å². The number of hydrogen-bond donors (Lipinski definition) is 1. The molecular formula is C21H25FN2O3. The van der Waals surface area contributed by atoms with Gasteiger partial charge in [-0.3, -0.25) is 4.90 Å². The molecule has 1 saturated heterocycles. The van der Waals surface area contributed by atoms with Crippen LogP contribution in [0, 0.1) is 5.82 Å². The molecule has 1 aliphatic rings. The average molecular weight is 372 g/mol. The van der Waals surface area contributed by atoms with Crippen molar-refractivity contribution in [3.8, 4) is 16.9 Å². The summed E-state index contributed by atoms with van der Waals surface area (Å²) in [6.45, 7) is 5.38. The lowest BCUT2D eigenvalue weighted by Gasteiger charge is -2.37. The van der Waals surface area contributed by atoms with Gasteiger partial charge in [-0.1, -0.05) is 18.2 Å². The van der Waals surface area contributed by atoms with Gasteiger partial charge in [0.1, 0.15) is 11.6 Å². The molecule has 2 aromatic carbocycles. The fourth-order valence-corrected chi connectivity index (χ4v) is 3.31. The van der Waals surface area contributed by atoms with Crippen molar-refractivity contribution in [1.82, 2.24) is 9.80 Å². The second kappa shape index (κ2) is 8.50. The summed E-state index contributed by atoms with van der Waals surface area (Å²) in [5, 5.41) is 8.93. The first kappa shape index (κ1) is 19.3. The zero-order chi connectivity index (χ0) is 19.4. The summed E-state index contributed by atoms with van der Waals surface area (Å²) in [5.41, 5.74) is 2.80. The summed E-state index contributed by atoms with van der Waals surface area (Å²) in [6.07, 6.45) is 0. The molecule has 0 aliphatic carbocycles. The number of benzene rings is 2. The van der Waals surface area contributed by atoms with Gasteiger partial charge in [0.05, 0.1) is 0 Å². The Labute approximate surface area is 159 Å². The van der Waals surface area contributed by atoms with Crippen LogP contribution >= 0.6 is 0 Å². The van der Waals surface area contributed by atoms with Crippen molar-refractivity contribution in [3.63, 3.8) is 0 Å². The molecule has 0 radical (unpaired) electrons. The predicted molar refractivity (Wildman–Crippen MR) is 102 cm³/mol. The van der Waals surface area contributed by atoms with Crippen LogP contribution in [0.4, 0.5) is 4.39 Å². The van der Waals surface area contributed by atoms with E-state index in [0.29, 0.717) is 18.3 Å². The largest absolute Gasteiger partial charge is 0.482 e. The summed E-state index contributed by atoms with van der Waals surface area (Å²) in [5.74, 6) is -0.696. The molecule has 144 valence electrons. The first-order valence-electron chi connectivity index (χ1n) is 9.08. The number of carbonyl (C=O) groups is 1. The van der Waals surface area contributed by atoms with E-state index in [2.05, 4.69) is 23.8 Å². The van der Waals surface area contributed by atoms with Gasteiger partial charge in [-0.15, -0.1) is 0 Å². The van der Waals surface area contributed by atoms with E-state index in [4.69, 9.17) is 9.84 Å². The summed E-state index contributed by atoms with van der Waals surface area (Å²) >= 11 is 0. The lowest BCUT2D eigenvalue weighted by molar-refractivity contribution is -0.139. The van der Waals surface area contributed by atoms with Gasteiger partial charge in [0.25, 0.3) is 0 Å². The summed E-state index contributed by atoms with van der Waals surface area (Å²) < 4.78 is 18.7. The topological polar surface area (TPSA) is 53.0 Å². The molecule has 0 amide bonds. The number of likely N-dealkylation sites (N-methyl/N-ethyl adjacent to an activating group) is 1. The number of carboxylic acids is 1. The molecule has 1 fully saturated rings. The van der Waals surface area contributed by atoms with Gasteiger partial charge in [0.15, 0.2) is 6.61 Å². The van der Waals surface area contributed by atoms with Crippen molar-refractivity contribution < 1.29 is 19.0 Å². The number of aliphatic carboxylic acids is 1. The number of nitrogens with zero attached hydrogens (tertiary/aromatic N) is 2. The van der Waals surface area contributed by atoms with Crippen LogP contribution in [-0.4, -0.2) is 60.2 Å². The Kier molecular flexibility index (Phi) is 6.08. The predicted octanol–water partition coefficient (Wildman–Crippen LogP) is 3.09. The molecule has 3 rings (SSSR count). The van der Waals surface area contributed by atoms with Gasteiger partial charge in [0, 0.05) is 37.8 Å². The van der Waals surface area contributed by atoms with E-state index >= 15 is 0 Å². The number of carboxylic acid groups (broad SMARTS) is 1. The monoisotopic (exact) mass is 372 g/mol. The van der Waals surface area contributed by atoms with Crippen molar-refractivity contribution in [1.29, 1.82) is 0 Å². The second-order valence-corrected chi connectivity index (χ2v) is 7.08. The highest BCUT2D eigenvalue weighted by molar-refractivity contribution is 5.69. The van der Waals surface area contributed by atoms with Crippen molar-refractivity contribution in [2.75, 3.05) is 33.3 Å². The molecule has 1 heterocycles. The molecule has 0 spiro atoms. The van der Waals surface area contributed by atoms with Gasteiger partial charge >= 0.3 is 5.97 Å². The van der Waals surface area contributed by atoms with Crippen molar-refractivity contribution in [2.45, 2.75) is 19.5 Å². The van der Waals surface area contributed by atoms with E-state index in [0.717, 1.165) is 36.3 Å². The van der Waals surface area contributed by atoms with Crippen LogP contribution in [-0.2, 0) is 11.3 Å². The fourth-order valence-electron chi connectivity index (χ4n) is 3.31. The van der Waals surface area contributed by atoms with E-state index < -0.39 is 5.97 Å². The van der Waals surface area contributed by atoms with Gasteiger partial charge in [0.2, 0.25) is 0 Å². The highest BCUT2D eigenvalue weighted by Crippen LogP contribution is 2.28. The molecule has 0 saturated carbocycles. The summed E-state index contributed by atoms with van der Waals surface area (Å²) in [7, 11) is 2.12. The molecule has 27 heavy (non-hydrogen) atoms. The van der Waals surface area contributed by atoms with E-state index in [9.17, 15) is 9.18 Å². The van der Waals surface area contributed by atoms with Crippen LogP contribution in [0.25, 0.3) is 11.1 Å². The zero-order valence-electron chi connectivity index (χ0n) is 15.7. The Morgan fingerprint density at radius 3 is 2.56 bits per heavy atom. The normalized spacial score (nSPS) is 18.4. The molecule has 5 nitrogen and oxygen atoms in total. The summed E-state index contributed by atoms with van der Waals surface area (Å²) in [6, 6.07) is 12.5. The molecular weight excluding hydrogens is 347 g/mol. The van der Waals surface area contributed by atoms with E-state index in [1.807, 2.05) is 12.1 Å². The molecule has 1 atom stereocenters. The minimum Gasteiger partial charge on any atom is -0.482 e. The first-order valence-corrected chi connectivity index (χ1v) is 9.08. The molecule has 0 unspecified atom stereocenters. The highest BCUT2D eigenvalue weighted by Gasteiger charge is 2.22. The Hall–Kier alpha value is -2.44. The third-order valence-corrected chi connectivity index (χ3v) is 5.03. The maximum atomic E-state index is 13.2. The van der Waals surface area contributed by atoms with Crippen molar-refractivity contribution in [2.24, 2.45) is 0 Å². The fraction of sp³-hybridized carbons (Fsp3) is 0.381. The molecule has 6 heteroatoms. The Balaban J connectivity index is 1.85. The number of ether oxygens (including phenoxy) is 1. The molecule has 2 aromatic rings. The third kappa shape index (κ3) is 5.05. The van der Waals surface area contributed by atoms with Crippen LogP contribution in [0.1, 0.15) is 12.5 Å². The van der Waals surface area contributed by atoms with Gasteiger partial charge in [-0.2, -0.15) is 0 Å². The lowest BCUT2D eigenvalue weighted by atomic mass is 10.0. The number of piperazine rings is 1. The van der Waals surface area contributed by atoms with Crippen LogP contribution < -0.4 is 4.74 Å². The molecule has 0 aromatic heterocycles. The Bertz CT molecular complexity index is 795. The molecule has 1 aliphatic heterocycles. The summed E-state index contributed by atoms with van der Waals surface area (Å²) in [4.78, 5) is 15.6. The SMILES string of the molecule is C[C@H]1CN(Cc2cc(-c3ccc(F)cc3)ccc2OCC(=O)O)CCN1C. The third-order valence-electron chi connectivity index (χ3n) is 5.03. The lowest BCUT2D eigenvalue weighted by Crippen LogP contribution is -2.49. The van der Waals surface area contributed by atoms with Gasteiger partial charge in [-0.25, -0.2) is 9.18 Å². The van der Waals surface area contributed by atoms with Crippen LogP contribution in [0.2, 0.25) is 0 Å². The van der Waals surface area contributed by atoms with E-state index in [1.54, 1.807) is 18.2 Å². The van der Waals surface area contributed by atoms with Crippen molar-refractivity contribution in [3.05, 3.63) is 53.8 Å². The van der Waals surface area contributed by atoms with Crippen LogP contribution in [0.3, 0.4) is 0 Å². The van der Waals surface area contributed by atoms with Gasteiger partial charge in [-0.05, 0) is 49.4 Å². The number of halogens is 1. The quantitative estimate of drug-likeness (QED) is 0.845. The standard InChI is InChI=1S/C21H25FN2O3/c1-15-12-24(10-9-23(15)2)13-18-11-17(16-3-6-19(22)7-4-16)5-8-20(18)27-14-21(25)26/h3-8,11,15H,9-10,12-14H2,1-2H3,(H,25,26)/t15-/m0/s1. The smallest absolute Gasteiger partial charge is 0.341 e. The highest BCUT2D eigenvalue weighted by atomic mass is 19.1. The minimum absolute atomic E-state index is 0.271. The molecule has 1 N–H and O–H groups in total. The zero-order valence-corrected chi connectivity index (χ0v) is 15.7. The maximum absolute atomic E-state index is 13.2. The Morgan fingerprint density at radius 2 is 1.89 bits per heavy atom. The van der Waals surface area contributed by atoms with Gasteiger partial charge < -0.3 is 14.7 Å².